The highest BCUT2D eigenvalue weighted by Gasteiger charge is 2.17. The summed E-state index contributed by atoms with van der Waals surface area (Å²) in [4.78, 5) is 13.8. The third kappa shape index (κ3) is 4.47. The molecule has 1 amide bonds. The fourth-order valence-corrected chi connectivity index (χ4v) is 1.58. The van der Waals surface area contributed by atoms with E-state index in [2.05, 4.69) is 10.2 Å². The average Bonchev–Trinajstić information content (AvgIpc) is 2.29. The molecule has 1 atom stereocenters. The Hall–Kier alpha value is -0.650. The van der Waals surface area contributed by atoms with Gasteiger partial charge in [-0.2, -0.15) is 0 Å². The maximum absolute atomic E-state index is 11.5. The molecule has 5 nitrogen and oxygen atoms in total. The Morgan fingerprint density at radius 2 is 2.06 bits per heavy atom. The maximum atomic E-state index is 11.5. The summed E-state index contributed by atoms with van der Waals surface area (Å²) in [6.07, 6.45) is 0. The molecule has 0 bridgehead atoms. The molecule has 3 N–H and O–H groups in total. The molecule has 0 aliphatic carbocycles. The van der Waals surface area contributed by atoms with Crippen LogP contribution >= 0.6 is 0 Å². The van der Waals surface area contributed by atoms with Crippen LogP contribution < -0.4 is 11.1 Å². The predicted molar refractivity (Wildman–Crippen MR) is 63.1 cm³/mol. The van der Waals surface area contributed by atoms with Crippen molar-refractivity contribution in [3.8, 4) is 0 Å². The minimum absolute atomic E-state index is 0.0525. The monoisotopic (exact) mass is 229 g/mol. The third-order valence-corrected chi connectivity index (χ3v) is 2.85. The van der Waals surface area contributed by atoms with Gasteiger partial charge in [-0.05, 0) is 5.92 Å². The Bertz CT molecular complexity index is 215. The Kier molecular flexibility index (Phi) is 5.73. The van der Waals surface area contributed by atoms with Gasteiger partial charge in [0.25, 0.3) is 0 Å². The van der Waals surface area contributed by atoms with E-state index in [1.54, 1.807) is 0 Å². The fourth-order valence-electron chi connectivity index (χ4n) is 1.58. The molecule has 0 spiro atoms. The van der Waals surface area contributed by atoms with E-state index in [1.807, 2.05) is 13.8 Å². The zero-order valence-corrected chi connectivity index (χ0v) is 10.2. The number of carbonyl (C=O) groups is 1. The van der Waals surface area contributed by atoms with Gasteiger partial charge in [0.15, 0.2) is 0 Å². The standard InChI is InChI=1S/C11H23N3O2/c1-9(2)10(12)11(15)13-3-4-14-5-7-16-8-6-14/h9-10H,3-8,12H2,1-2H3,(H,13,15)/t10-/m0/s1. The molecule has 1 heterocycles. The van der Waals surface area contributed by atoms with Crippen molar-refractivity contribution < 1.29 is 9.53 Å². The lowest BCUT2D eigenvalue weighted by atomic mass is 10.1. The van der Waals surface area contributed by atoms with E-state index in [-0.39, 0.29) is 11.8 Å². The number of carbonyl (C=O) groups excluding carboxylic acids is 1. The summed E-state index contributed by atoms with van der Waals surface area (Å²) in [5.41, 5.74) is 5.73. The molecule has 1 saturated heterocycles. The molecule has 1 fully saturated rings. The molecule has 1 rings (SSSR count). The second-order valence-electron chi connectivity index (χ2n) is 4.51. The van der Waals surface area contributed by atoms with Gasteiger partial charge >= 0.3 is 0 Å². The molecule has 5 heteroatoms. The van der Waals surface area contributed by atoms with Gasteiger partial charge in [-0.1, -0.05) is 13.8 Å². The Balaban J connectivity index is 2.12. The van der Waals surface area contributed by atoms with E-state index in [0.29, 0.717) is 6.54 Å². The largest absolute Gasteiger partial charge is 0.379 e. The smallest absolute Gasteiger partial charge is 0.237 e. The number of nitrogens with one attached hydrogen (secondary N) is 1. The molecule has 0 aromatic rings. The summed E-state index contributed by atoms with van der Waals surface area (Å²) in [5.74, 6) is 0.131. The third-order valence-electron chi connectivity index (χ3n) is 2.85. The van der Waals surface area contributed by atoms with Crippen molar-refractivity contribution in [2.75, 3.05) is 39.4 Å². The van der Waals surface area contributed by atoms with Gasteiger partial charge < -0.3 is 15.8 Å². The second kappa shape index (κ2) is 6.83. The Labute approximate surface area is 97.3 Å². The molecule has 1 aliphatic rings. The Morgan fingerprint density at radius 3 is 2.62 bits per heavy atom. The van der Waals surface area contributed by atoms with E-state index in [1.165, 1.54) is 0 Å². The minimum atomic E-state index is -0.398. The summed E-state index contributed by atoms with van der Waals surface area (Å²) in [5, 5.41) is 2.86. The van der Waals surface area contributed by atoms with Crippen LogP contribution in [0.25, 0.3) is 0 Å². The number of rotatable bonds is 5. The van der Waals surface area contributed by atoms with E-state index < -0.39 is 6.04 Å². The van der Waals surface area contributed by atoms with Crippen molar-refractivity contribution in [2.24, 2.45) is 11.7 Å². The lowest BCUT2D eigenvalue weighted by Crippen LogP contribution is -2.47. The van der Waals surface area contributed by atoms with Gasteiger partial charge in [-0.15, -0.1) is 0 Å². The fraction of sp³-hybridized carbons (Fsp3) is 0.909. The number of morpholine rings is 1. The minimum Gasteiger partial charge on any atom is -0.379 e. The molecule has 0 aromatic heterocycles. The van der Waals surface area contributed by atoms with Crippen molar-refractivity contribution in [3.05, 3.63) is 0 Å². The summed E-state index contributed by atoms with van der Waals surface area (Å²) in [7, 11) is 0. The molecule has 0 aromatic carbocycles. The van der Waals surface area contributed by atoms with Crippen molar-refractivity contribution in [1.82, 2.24) is 10.2 Å². The van der Waals surface area contributed by atoms with Crippen LogP contribution in [0.2, 0.25) is 0 Å². The van der Waals surface area contributed by atoms with Gasteiger partial charge in [0.1, 0.15) is 0 Å². The van der Waals surface area contributed by atoms with Crippen LogP contribution in [0.3, 0.4) is 0 Å². The first-order valence-corrected chi connectivity index (χ1v) is 5.94. The summed E-state index contributed by atoms with van der Waals surface area (Å²) in [6, 6.07) is -0.398. The highest BCUT2D eigenvalue weighted by atomic mass is 16.5. The molecule has 0 unspecified atom stereocenters. The highest BCUT2D eigenvalue weighted by molar-refractivity contribution is 5.81. The van der Waals surface area contributed by atoms with Crippen LogP contribution in [-0.4, -0.2) is 56.2 Å². The number of hydrogen-bond donors (Lipinski definition) is 2. The molecule has 1 aliphatic heterocycles. The SMILES string of the molecule is CC(C)[C@H](N)C(=O)NCCN1CCOCC1. The van der Waals surface area contributed by atoms with Crippen molar-refractivity contribution >= 4 is 5.91 Å². The van der Waals surface area contributed by atoms with Crippen molar-refractivity contribution in [3.63, 3.8) is 0 Å². The molecular weight excluding hydrogens is 206 g/mol. The maximum Gasteiger partial charge on any atom is 0.237 e. The van der Waals surface area contributed by atoms with E-state index >= 15 is 0 Å². The van der Waals surface area contributed by atoms with Crippen LogP contribution in [0.5, 0.6) is 0 Å². The summed E-state index contributed by atoms with van der Waals surface area (Å²) < 4.78 is 5.25. The van der Waals surface area contributed by atoms with Crippen molar-refractivity contribution in [1.29, 1.82) is 0 Å². The van der Waals surface area contributed by atoms with Crippen molar-refractivity contribution in [2.45, 2.75) is 19.9 Å². The molecule has 0 saturated carbocycles. The van der Waals surface area contributed by atoms with Gasteiger partial charge in [-0.25, -0.2) is 0 Å². The lowest BCUT2D eigenvalue weighted by Gasteiger charge is -2.26. The quantitative estimate of drug-likeness (QED) is 0.662. The molecule has 0 radical (unpaired) electrons. The Morgan fingerprint density at radius 1 is 1.44 bits per heavy atom. The lowest BCUT2D eigenvalue weighted by molar-refractivity contribution is -0.123. The van der Waals surface area contributed by atoms with Crippen LogP contribution in [-0.2, 0) is 9.53 Å². The molecule has 94 valence electrons. The number of ether oxygens (including phenoxy) is 1. The highest BCUT2D eigenvalue weighted by Crippen LogP contribution is 1.98. The number of amides is 1. The van der Waals surface area contributed by atoms with Crippen LogP contribution in [0, 0.1) is 5.92 Å². The number of hydrogen-bond acceptors (Lipinski definition) is 4. The first kappa shape index (κ1) is 13.4. The first-order chi connectivity index (χ1) is 7.61. The normalized spacial score (nSPS) is 19.8. The van der Waals surface area contributed by atoms with Gasteiger partial charge in [0.2, 0.25) is 5.91 Å². The van der Waals surface area contributed by atoms with Crippen LogP contribution in [0.15, 0.2) is 0 Å². The van der Waals surface area contributed by atoms with E-state index in [4.69, 9.17) is 10.5 Å². The molecular formula is C11H23N3O2. The van der Waals surface area contributed by atoms with E-state index in [9.17, 15) is 4.79 Å². The zero-order valence-electron chi connectivity index (χ0n) is 10.2. The second-order valence-corrected chi connectivity index (χ2v) is 4.51. The average molecular weight is 229 g/mol. The summed E-state index contributed by atoms with van der Waals surface area (Å²) in [6.45, 7) is 8.93. The summed E-state index contributed by atoms with van der Waals surface area (Å²) >= 11 is 0. The van der Waals surface area contributed by atoms with Gasteiger partial charge in [-0.3, -0.25) is 9.69 Å². The first-order valence-electron chi connectivity index (χ1n) is 5.94. The molecule has 16 heavy (non-hydrogen) atoms. The number of nitrogens with two attached hydrogens (primary N) is 1. The van der Waals surface area contributed by atoms with Crippen LogP contribution in [0.1, 0.15) is 13.8 Å². The topological polar surface area (TPSA) is 67.6 Å². The predicted octanol–water partition coefficient (Wildman–Crippen LogP) is -0.582. The van der Waals surface area contributed by atoms with Crippen LogP contribution in [0.4, 0.5) is 0 Å². The zero-order chi connectivity index (χ0) is 12.0. The van der Waals surface area contributed by atoms with Gasteiger partial charge in [0.05, 0.1) is 19.3 Å². The van der Waals surface area contributed by atoms with E-state index in [0.717, 1.165) is 32.8 Å². The van der Waals surface area contributed by atoms with Gasteiger partial charge in [0, 0.05) is 26.2 Å². The number of nitrogens with zero attached hydrogens (tertiary/aromatic N) is 1.